The van der Waals surface area contributed by atoms with Gasteiger partial charge in [-0.05, 0) is 6.92 Å². The largest absolute Gasteiger partial charge is 0.460 e. The molecular weight excluding hydrogens is 228 g/mol. The van der Waals surface area contributed by atoms with E-state index in [1.165, 1.54) is 5.38 Å². The van der Waals surface area contributed by atoms with Crippen LogP contribution in [0.25, 0.3) is 0 Å². The number of nitrogen functional groups attached to an aromatic ring is 1. The van der Waals surface area contributed by atoms with Gasteiger partial charge in [0.15, 0.2) is 5.13 Å². The molecule has 0 aliphatic heterocycles. The quantitative estimate of drug-likeness (QED) is 0.479. The van der Waals surface area contributed by atoms with E-state index in [0.717, 1.165) is 11.3 Å². The number of carbonyl (C=O) groups is 2. The second kappa shape index (κ2) is 5.56. The topological polar surface area (TPSA) is 82.3 Å². The standard InChI is InChI=1S/C7H8N2O3S.ClH/c1-2-12-6(11)5(10)4-3-13-7(8)9-4;/h3H,2H2,1H3,(H2,8,9);1H. The van der Waals surface area contributed by atoms with Crippen LogP contribution in [-0.2, 0) is 9.53 Å². The minimum atomic E-state index is -0.896. The monoisotopic (exact) mass is 236 g/mol. The fourth-order valence-corrected chi connectivity index (χ4v) is 1.24. The van der Waals surface area contributed by atoms with Gasteiger partial charge >= 0.3 is 5.97 Å². The highest BCUT2D eigenvalue weighted by Gasteiger charge is 2.19. The number of carbonyl (C=O) groups excluding carboxylic acids is 2. The fourth-order valence-electron chi connectivity index (χ4n) is 0.693. The smallest absolute Gasteiger partial charge is 0.381 e. The average Bonchev–Trinajstić information content (AvgIpc) is 2.51. The molecule has 78 valence electrons. The molecule has 0 unspecified atom stereocenters. The van der Waals surface area contributed by atoms with Crippen molar-refractivity contribution in [3.8, 4) is 0 Å². The van der Waals surface area contributed by atoms with Gasteiger partial charge in [0.05, 0.1) is 6.61 Å². The van der Waals surface area contributed by atoms with Crippen LogP contribution in [0.5, 0.6) is 0 Å². The van der Waals surface area contributed by atoms with Gasteiger partial charge in [0.25, 0.3) is 5.78 Å². The molecule has 0 atom stereocenters. The maximum atomic E-state index is 11.2. The van der Waals surface area contributed by atoms with Crippen LogP contribution in [0.2, 0.25) is 0 Å². The molecule has 0 saturated carbocycles. The van der Waals surface area contributed by atoms with Crippen LogP contribution >= 0.6 is 23.7 Å². The zero-order valence-electron chi connectivity index (χ0n) is 7.35. The van der Waals surface area contributed by atoms with Crippen molar-refractivity contribution in [3.05, 3.63) is 11.1 Å². The van der Waals surface area contributed by atoms with E-state index in [-0.39, 0.29) is 29.8 Å². The number of rotatable bonds is 3. The molecule has 0 aliphatic rings. The Kier molecular flexibility index (Phi) is 5.11. The Morgan fingerprint density at radius 3 is 2.71 bits per heavy atom. The van der Waals surface area contributed by atoms with Crippen molar-refractivity contribution < 1.29 is 14.3 Å². The molecule has 7 heteroatoms. The van der Waals surface area contributed by atoms with E-state index in [1.807, 2.05) is 0 Å². The zero-order chi connectivity index (χ0) is 9.84. The maximum Gasteiger partial charge on any atom is 0.381 e. The van der Waals surface area contributed by atoms with Crippen molar-refractivity contribution in [2.24, 2.45) is 0 Å². The lowest BCUT2D eigenvalue weighted by Gasteiger charge is -1.96. The molecule has 5 nitrogen and oxygen atoms in total. The van der Waals surface area contributed by atoms with E-state index in [9.17, 15) is 9.59 Å². The van der Waals surface area contributed by atoms with Crippen molar-refractivity contribution in [2.45, 2.75) is 6.92 Å². The first-order valence-corrected chi connectivity index (χ1v) is 4.45. The number of aromatic nitrogens is 1. The first-order chi connectivity index (χ1) is 6.15. The molecule has 0 amide bonds. The van der Waals surface area contributed by atoms with Gasteiger partial charge in [-0.15, -0.1) is 23.7 Å². The predicted octanol–water partition coefficient (Wildman–Crippen LogP) is 0.893. The van der Waals surface area contributed by atoms with E-state index >= 15 is 0 Å². The molecule has 0 radical (unpaired) electrons. The Balaban J connectivity index is 0.00000169. The Hall–Kier alpha value is -1.14. The van der Waals surface area contributed by atoms with Gasteiger partial charge in [-0.2, -0.15) is 0 Å². The summed E-state index contributed by atoms with van der Waals surface area (Å²) in [5, 5.41) is 1.68. The molecule has 2 N–H and O–H groups in total. The number of thiazole rings is 1. The molecule has 1 aromatic heterocycles. The maximum absolute atomic E-state index is 11.2. The van der Waals surface area contributed by atoms with Crippen LogP contribution in [0.15, 0.2) is 5.38 Å². The van der Waals surface area contributed by atoms with E-state index in [2.05, 4.69) is 9.72 Å². The van der Waals surface area contributed by atoms with Crippen molar-refractivity contribution in [3.63, 3.8) is 0 Å². The van der Waals surface area contributed by atoms with Crippen LogP contribution in [0.4, 0.5) is 5.13 Å². The third-order valence-electron chi connectivity index (χ3n) is 1.22. The van der Waals surface area contributed by atoms with Crippen molar-refractivity contribution in [2.75, 3.05) is 12.3 Å². The lowest BCUT2D eigenvalue weighted by atomic mass is 10.3. The SMILES string of the molecule is CCOC(=O)C(=O)c1csc(N)n1.Cl. The average molecular weight is 237 g/mol. The molecule has 0 aromatic carbocycles. The number of nitrogens with two attached hydrogens (primary N) is 1. The molecular formula is C7H9ClN2O3S. The highest BCUT2D eigenvalue weighted by molar-refractivity contribution is 7.13. The number of nitrogens with zero attached hydrogens (tertiary/aromatic N) is 1. The van der Waals surface area contributed by atoms with Gasteiger partial charge in [0, 0.05) is 5.38 Å². The number of ether oxygens (including phenoxy) is 1. The van der Waals surface area contributed by atoms with Crippen molar-refractivity contribution >= 4 is 40.6 Å². The van der Waals surface area contributed by atoms with Gasteiger partial charge in [-0.25, -0.2) is 9.78 Å². The molecule has 0 aliphatic carbocycles. The summed E-state index contributed by atoms with van der Waals surface area (Å²) in [5.74, 6) is -1.65. The number of hydrogen-bond acceptors (Lipinski definition) is 6. The summed E-state index contributed by atoms with van der Waals surface area (Å²) in [6.45, 7) is 1.80. The van der Waals surface area contributed by atoms with Gasteiger partial charge in [-0.1, -0.05) is 0 Å². The summed E-state index contributed by atoms with van der Waals surface area (Å²) < 4.78 is 4.50. The molecule has 1 rings (SSSR count). The van der Waals surface area contributed by atoms with Gasteiger partial charge < -0.3 is 10.5 Å². The molecule has 14 heavy (non-hydrogen) atoms. The fraction of sp³-hybridized carbons (Fsp3) is 0.286. The third kappa shape index (κ3) is 2.97. The van der Waals surface area contributed by atoms with Gasteiger partial charge in [0.2, 0.25) is 0 Å². The van der Waals surface area contributed by atoms with Crippen LogP contribution in [0.1, 0.15) is 17.4 Å². The molecule has 0 spiro atoms. The molecule has 0 saturated heterocycles. The minimum Gasteiger partial charge on any atom is -0.460 e. The first kappa shape index (κ1) is 12.9. The minimum absolute atomic E-state index is 0. The number of hydrogen-bond donors (Lipinski definition) is 1. The van der Waals surface area contributed by atoms with E-state index in [4.69, 9.17) is 5.73 Å². The summed E-state index contributed by atoms with van der Waals surface area (Å²) in [5.41, 5.74) is 5.34. The summed E-state index contributed by atoms with van der Waals surface area (Å²) in [4.78, 5) is 25.7. The normalized spacial score (nSPS) is 8.93. The van der Waals surface area contributed by atoms with Crippen LogP contribution in [-0.4, -0.2) is 23.3 Å². The predicted molar refractivity (Wildman–Crippen MR) is 54.7 cm³/mol. The lowest BCUT2D eigenvalue weighted by molar-refractivity contribution is -0.137. The van der Waals surface area contributed by atoms with Crippen LogP contribution in [0.3, 0.4) is 0 Å². The second-order valence-electron chi connectivity index (χ2n) is 2.12. The summed E-state index contributed by atoms with van der Waals surface area (Å²) in [6, 6.07) is 0. The summed E-state index contributed by atoms with van der Waals surface area (Å²) in [7, 11) is 0. The van der Waals surface area contributed by atoms with E-state index in [1.54, 1.807) is 6.92 Å². The number of halogens is 1. The molecule has 1 aromatic rings. The summed E-state index contributed by atoms with van der Waals surface area (Å²) >= 11 is 1.11. The molecule has 0 bridgehead atoms. The van der Waals surface area contributed by atoms with E-state index < -0.39 is 11.8 Å². The van der Waals surface area contributed by atoms with Gasteiger partial charge in [0.1, 0.15) is 5.69 Å². The zero-order valence-corrected chi connectivity index (χ0v) is 8.98. The number of Topliss-reactive ketones (excluding diaryl/α,β-unsaturated/α-hetero) is 1. The first-order valence-electron chi connectivity index (χ1n) is 3.57. The number of esters is 1. The molecule has 0 fully saturated rings. The van der Waals surface area contributed by atoms with Gasteiger partial charge in [-0.3, -0.25) is 4.79 Å². The lowest BCUT2D eigenvalue weighted by Crippen LogP contribution is -2.17. The summed E-state index contributed by atoms with van der Waals surface area (Å²) in [6.07, 6.45) is 0. The second-order valence-corrected chi connectivity index (χ2v) is 3.01. The van der Waals surface area contributed by atoms with Crippen LogP contribution < -0.4 is 5.73 Å². The Morgan fingerprint density at radius 2 is 2.29 bits per heavy atom. The number of ketones is 1. The Bertz CT molecular complexity index is 339. The number of anilines is 1. The van der Waals surface area contributed by atoms with E-state index in [0.29, 0.717) is 0 Å². The Labute approximate surface area is 90.7 Å². The molecule has 1 heterocycles. The highest BCUT2D eigenvalue weighted by atomic mass is 35.5. The Morgan fingerprint density at radius 1 is 1.64 bits per heavy atom. The third-order valence-corrected chi connectivity index (χ3v) is 1.89. The van der Waals surface area contributed by atoms with Crippen LogP contribution in [0, 0.1) is 0 Å². The highest BCUT2D eigenvalue weighted by Crippen LogP contribution is 2.11. The van der Waals surface area contributed by atoms with Crippen molar-refractivity contribution in [1.29, 1.82) is 0 Å². The van der Waals surface area contributed by atoms with Crippen molar-refractivity contribution in [1.82, 2.24) is 4.98 Å².